The van der Waals surface area contributed by atoms with Gasteiger partial charge in [-0.1, -0.05) is 264 Å². The molecule has 0 aliphatic carbocycles. The van der Waals surface area contributed by atoms with Gasteiger partial charge >= 0.3 is 17.9 Å². The molecular formula is C57H112NO8+. The van der Waals surface area contributed by atoms with Crippen molar-refractivity contribution >= 4 is 17.9 Å². The van der Waals surface area contributed by atoms with Crippen LogP contribution < -0.4 is 0 Å². The number of carbonyl (C=O) groups is 3. The number of quaternary nitrogens is 1. The summed E-state index contributed by atoms with van der Waals surface area (Å²) >= 11 is 0. The lowest BCUT2D eigenvalue weighted by molar-refractivity contribution is -0.870. The Morgan fingerprint density at radius 3 is 0.970 bits per heavy atom. The fourth-order valence-corrected chi connectivity index (χ4v) is 8.66. The molecule has 9 heteroatoms. The molecule has 0 rings (SSSR count). The average molecular weight is 940 g/mol. The van der Waals surface area contributed by atoms with Crippen molar-refractivity contribution in [1.29, 1.82) is 0 Å². The highest BCUT2D eigenvalue weighted by atomic mass is 16.7. The third-order valence-corrected chi connectivity index (χ3v) is 13.1. The number of carboxylic acid groups (broad SMARTS) is 1. The molecule has 0 saturated heterocycles. The number of ether oxygens (including phenoxy) is 4. The van der Waals surface area contributed by atoms with Gasteiger partial charge in [0.2, 0.25) is 0 Å². The number of rotatable bonds is 54. The van der Waals surface area contributed by atoms with Crippen LogP contribution in [0.4, 0.5) is 0 Å². The molecule has 2 unspecified atom stereocenters. The Balaban J connectivity index is 3.81. The molecule has 0 fully saturated rings. The van der Waals surface area contributed by atoms with E-state index in [1.54, 1.807) is 0 Å². The predicted molar refractivity (Wildman–Crippen MR) is 277 cm³/mol. The van der Waals surface area contributed by atoms with E-state index < -0.39 is 18.4 Å². The fourth-order valence-electron chi connectivity index (χ4n) is 8.66. The summed E-state index contributed by atoms with van der Waals surface area (Å²) in [5.74, 6) is -2.00. The summed E-state index contributed by atoms with van der Waals surface area (Å²) in [5, 5.41) is 9.62. The van der Waals surface area contributed by atoms with Gasteiger partial charge in [-0.25, -0.2) is 4.79 Å². The van der Waals surface area contributed by atoms with E-state index in [-0.39, 0.29) is 38.2 Å². The zero-order chi connectivity index (χ0) is 48.4. The van der Waals surface area contributed by atoms with Gasteiger partial charge in [-0.2, -0.15) is 0 Å². The minimum atomic E-state index is -1.50. The van der Waals surface area contributed by atoms with Crippen molar-refractivity contribution in [2.45, 2.75) is 302 Å². The number of hydrogen-bond acceptors (Lipinski definition) is 7. The second-order valence-corrected chi connectivity index (χ2v) is 21.0. The first-order chi connectivity index (χ1) is 32.1. The highest BCUT2D eigenvalue weighted by Gasteiger charge is 2.25. The van der Waals surface area contributed by atoms with Gasteiger partial charge in [0.15, 0.2) is 6.10 Å². The zero-order valence-corrected chi connectivity index (χ0v) is 44.6. The molecule has 9 nitrogen and oxygen atoms in total. The minimum absolute atomic E-state index is 0.175. The van der Waals surface area contributed by atoms with Crippen LogP contribution in [0.3, 0.4) is 0 Å². The van der Waals surface area contributed by atoms with E-state index in [2.05, 4.69) is 13.8 Å². The van der Waals surface area contributed by atoms with Gasteiger partial charge in [0.25, 0.3) is 6.29 Å². The summed E-state index contributed by atoms with van der Waals surface area (Å²) in [6.45, 7) is 4.85. The topological polar surface area (TPSA) is 108 Å². The van der Waals surface area contributed by atoms with E-state index in [1.165, 1.54) is 225 Å². The van der Waals surface area contributed by atoms with E-state index >= 15 is 0 Å². The van der Waals surface area contributed by atoms with Crippen molar-refractivity contribution in [3.8, 4) is 0 Å². The van der Waals surface area contributed by atoms with E-state index in [1.807, 2.05) is 21.1 Å². The number of nitrogens with zero attached hydrogens (tertiary/aromatic N) is 1. The maximum absolute atomic E-state index is 12.8. The van der Waals surface area contributed by atoms with Crippen LogP contribution in [0.15, 0.2) is 0 Å². The third-order valence-electron chi connectivity index (χ3n) is 13.1. The van der Waals surface area contributed by atoms with E-state index in [4.69, 9.17) is 18.9 Å². The summed E-state index contributed by atoms with van der Waals surface area (Å²) in [5.41, 5.74) is 0. The second kappa shape index (κ2) is 49.7. The number of aliphatic carboxylic acids is 1. The van der Waals surface area contributed by atoms with E-state index in [0.29, 0.717) is 17.4 Å². The lowest BCUT2D eigenvalue weighted by Gasteiger charge is -2.25. The molecule has 66 heavy (non-hydrogen) atoms. The number of hydrogen-bond donors (Lipinski definition) is 1. The Morgan fingerprint density at radius 1 is 0.394 bits per heavy atom. The first-order valence-corrected chi connectivity index (χ1v) is 28.7. The standard InChI is InChI=1S/C57H111NO8/c1-6-8-10-12-14-15-16-17-18-19-20-21-22-23-24-25-26-27-28-29-30-31-32-33-34-35-36-37-38-39-40-41-42-44-46-48-55(60)66-53(51-64-54(59)47-45-43-13-11-9-7-2)52-65-57(56(61)62)63-50-49-58(3,4)5/h53,57H,6-52H2,1-5H3/p+1. The molecule has 0 amide bonds. The Labute approximate surface area is 409 Å². The molecule has 1 N–H and O–H groups in total. The van der Waals surface area contributed by atoms with Crippen molar-refractivity contribution in [3.63, 3.8) is 0 Å². The van der Waals surface area contributed by atoms with Crippen LogP contribution in [0.25, 0.3) is 0 Å². The molecule has 2 atom stereocenters. The van der Waals surface area contributed by atoms with Gasteiger partial charge in [0, 0.05) is 12.8 Å². The minimum Gasteiger partial charge on any atom is -0.477 e. The first kappa shape index (κ1) is 64.3. The summed E-state index contributed by atoms with van der Waals surface area (Å²) in [6.07, 6.45) is 52.6. The Kier molecular flexibility index (Phi) is 48.4. The maximum Gasteiger partial charge on any atom is 0.361 e. The molecule has 0 bridgehead atoms. The molecule has 0 aromatic heterocycles. The van der Waals surface area contributed by atoms with Gasteiger partial charge in [-0.15, -0.1) is 0 Å². The van der Waals surface area contributed by atoms with Gasteiger partial charge < -0.3 is 28.5 Å². The van der Waals surface area contributed by atoms with Crippen molar-refractivity contribution in [3.05, 3.63) is 0 Å². The number of carboxylic acids is 1. The number of unbranched alkanes of at least 4 members (excludes halogenated alkanes) is 39. The van der Waals surface area contributed by atoms with Gasteiger partial charge in [-0.3, -0.25) is 9.59 Å². The number of esters is 2. The number of likely N-dealkylation sites (N-methyl/N-ethyl adjacent to an activating group) is 1. The van der Waals surface area contributed by atoms with Crippen LogP contribution in [0, 0.1) is 0 Å². The number of carbonyl (C=O) groups excluding carboxylic acids is 2. The Bertz CT molecular complexity index is 1050. The normalized spacial score (nSPS) is 12.7. The summed E-state index contributed by atoms with van der Waals surface area (Å²) in [7, 11) is 5.96. The molecule has 0 aromatic rings. The monoisotopic (exact) mass is 939 g/mol. The molecule has 0 aromatic carbocycles. The van der Waals surface area contributed by atoms with Gasteiger partial charge in [0.1, 0.15) is 13.2 Å². The summed E-state index contributed by atoms with van der Waals surface area (Å²) in [4.78, 5) is 37.0. The Hall–Kier alpha value is -1.71. The molecule has 0 spiro atoms. The van der Waals surface area contributed by atoms with Crippen LogP contribution in [0.2, 0.25) is 0 Å². The largest absolute Gasteiger partial charge is 0.477 e. The predicted octanol–water partition coefficient (Wildman–Crippen LogP) is 16.4. The van der Waals surface area contributed by atoms with Crippen LogP contribution in [0.5, 0.6) is 0 Å². The lowest BCUT2D eigenvalue weighted by atomic mass is 10.0. The zero-order valence-electron chi connectivity index (χ0n) is 44.6. The van der Waals surface area contributed by atoms with Gasteiger partial charge in [-0.05, 0) is 12.8 Å². The van der Waals surface area contributed by atoms with Crippen LogP contribution in [-0.2, 0) is 33.3 Å². The van der Waals surface area contributed by atoms with Crippen molar-refractivity contribution in [2.75, 3.05) is 47.5 Å². The molecular weight excluding hydrogens is 827 g/mol. The lowest BCUT2D eigenvalue weighted by Crippen LogP contribution is -2.40. The molecule has 0 aliphatic rings. The second-order valence-electron chi connectivity index (χ2n) is 21.0. The molecule has 0 heterocycles. The molecule has 0 radical (unpaired) electrons. The van der Waals surface area contributed by atoms with Crippen molar-refractivity contribution in [2.24, 2.45) is 0 Å². The maximum atomic E-state index is 12.8. The fraction of sp³-hybridized carbons (Fsp3) is 0.947. The third kappa shape index (κ3) is 50.2. The highest BCUT2D eigenvalue weighted by Crippen LogP contribution is 2.18. The van der Waals surface area contributed by atoms with E-state index in [9.17, 15) is 19.5 Å². The van der Waals surface area contributed by atoms with Crippen LogP contribution in [-0.4, -0.2) is 87.4 Å². The SMILES string of the molecule is CCCCCCCCCCCCCCCCCCCCCCCCCCCCCCCCCCCCCC(=O)OC(COC(=O)CCCCCCCC)COC(OCC[N+](C)(C)C)C(=O)O. The van der Waals surface area contributed by atoms with Crippen LogP contribution >= 0.6 is 0 Å². The van der Waals surface area contributed by atoms with Crippen molar-refractivity contribution in [1.82, 2.24) is 0 Å². The van der Waals surface area contributed by atoms with Gasteiger partial charge in [0.05, 0.1) is 34.4 Å². The average Bonchev–Trinajstić information content (AvgIpc) is 3.28. The smallest absolute Gasteiger partial charge is 0.361 e. The van der Waals surface area contributed by atoms with E-state index in [0.717, 1.165) is 38.5 Å². The van der Waals surface area contributed by atoms with Crippen molar-refractivity contribution < 1.29 is 42.9 Å². The summed E-state index contributed by atoms with van der Waals surface area (Å²) < 4.78 is 22.7. The molecule has 0 saturated carbocycles. The molecule has 392 valence electrons. The molecule has 0 aliphatic heterocycles. The van der Waals surface area contributed by atoms with Crippen LogP contribution in [0.1, 0.15) is 290 Å². The Morgan fingerprint density at radius 2 is 0.682 bits per heavy atom. The highest BCUT2D eigenvalue weighted by molar-refractivity contribution is 5.71. The quantitative estimate of drug-likeness (QED) is 0.0278. The first-order valence-electron chi connectivity index (χ1n) is 28.7. The summed E-state index contributed by atoms with van der Waals surface area (Å²) in [6, 6.07) is 0.